The van der Waals surface area contributed by atoms with E-state index < -0.39 is 55.2 Å². The Kier molecular flexibility index (Phi) is 11.3. The first-order chi connectivity index (χ1) is 20.9. The lowest BCUT2D eigenvalue weighted by Crippen LogP contribution is -2.35. The molecule has 2 unspecified atom stereocenters. The fourth-order valence-corrected chi connectivity index (χ4v) is 6.27. The van der Waals surface area contributed by atoms with Crippen molar-refractivity contribution in [1.82, 2.24) is 34.2 Å². The molecule has 0 saturated carbocycles. The number of carbonyl (C=O) groups is 1. The van der Waals surface area contributed by atoms with Gasteiger partial charge in [0, 0.05) is 5.75 Å². The summed E-state index contributed by atoms with van der Waals surface area (Å²) < 4.78 is 46.1. The number of nitrogens with zero attached hydrogens (tertiary/aromatic N) is 6. The van der Waals surface area contributed by atoms with Crippen molar-refractivity contribution in [2.24, 2.45) is 0 Å². The maximum Gasteiger partial charge on any atom is 0.351 e. The summed E-state index contributed by atoms with van der Waals surface area (Å²) in [6.45, 7) is 6.43. The molecule has 4 heterocycles. The van der Waals surface area contributed by atoms with Crippen molar-refractivity contribution >= 4 is 48.1 Å². The van der Waals surface area contributed by atoms with E-state index in [4.69, 9.17) is 14.2 Å². The Balaban J connectivity index is 1.32. The molecule has 17 nitrogen and oxygen atoms in total. The Morgan fingerprint density at radius 2 is 2.00 bits per heavy atom. The highest BCUT2D eigenvalue weighted by Gasteiger charge is 2.29. The predicted octanol–water partition coefficient (Wildman–Crippen LogP) is 1.06. The Hall–Kier alpha value is -3.19. The maximum atomic E-state index is 14.7. The molecule has 5 atom stereocenters. The van der Waals surface area contributed by atoms with E-state index >= 15 is 0 Å². The summed E-state index contributed by atoms with van der Waals surface area (Å²) in [5, 5.41) is 17.2. The van der Waals surface area contributed by atoms with Gasteiger partial charge in [-0.3, -0.25) is 13.9 Å². The molecule has 1 aliphatic heterocycles. The Morgan fingerprint density at radius 3 is 2.70 bits per heavy atom. The van der Waals surface area contributed by atoms with E-state index in [1.807, 2.05) is 0 Å². The molecule has 1 aliphatic rings. The van der Waals surface area contributed by atoms with Crippen molar-refractivity contribution in [3.05, 3.63) is 35.2 Å². The van der Waals surface area contributed by atoms with Gasteiger partial charge in [0.25, 0.3) is 7.52 Å². The number of nitrogens with one attached hydrogen (secondary N) is 3. The van der Waals surface area contributed by atoms with Gasteiger partial charge < -0.3 is 39.4 Å². The van der Waals surface area contributed by atoms with Crippen LogP contribution in [0.5, 0.6) is 0 Å². The van der Waals surface area contributed by atoms with Crippen LogP contribution in [0.25, 0.3) is 11.2 Å². The SMILES string of the molecule is CC(C)OC(=O)[C@H](C)NP(=O)(O)CO[C@H](C)Cn1cnc2c(NCNc3nc(=O)n(C4CS[C@@H](CO)O4)cc3F)ncnc21. The molecule has 1 fully saturated rings. The van der Waals surface area contributed by atoms with Crippen LogP contribution < -0.4 is 21.4 Å². The average Bonchev–Trinajstić information content (AvgIpc) is 3.61. The zero-order chi connectivity index (χ0) is 32.0. The maximum absolute atomic E-state index is 14.7. The summed E-state index contributed by atoms with van der Waals surface area (Å²) in [6.07, 6.45) is 1.64. The largest absolute Gasteiger partial charge is 0.462 e. The minimum Gasteiger partial charge on any atom is -0.462 e. The van der Waals surface area contributed by atoms with Crippen LogP contribution in [0, 0.1) is 5.82 Å². The number of rotatable bonds is 15. The standard InChI is InChI=1S/C24H35FN9O8PS/c1-13(2)41-23(36)15(4)32-43(38,39)12-40-14(3)5-33-11-30-19-21(28-10-29-22(19)33)27-9-26-20-16(25)6-34(24(37)31-20)17-8-44-18(7-35)42-17/h6,10-11,13-15,17-18,35H,5,7-9,12H2,1-4H3,(H,26,31,37)(H,27,28,29)(H2,32,38,39)/t14-,15+,17?,18+/m1/s1. The number of aromatic nitrogens is 6. The number of aliphatic hydroxyl groups is 1. The normalized spacial score (nSPS) is 19.5. The number of thioether (sulfide) groups is 1. The summed E-state index contributed by atoms with van der Waals surface area (Å²) >= 11 is 1.32. The molecule has 0 spiro atoms. The van der Waals surface area contributed by atoms with Gasteiger partial charge in [-0.2, -0.15) is 4.98 Å². The lowest BCUT2D eigenvalue weighted by Gasteiger charge is -2.21. The van der Waals surface area contributed by atoms with Crippen LogP contribution in [-0.2, 0) is 30.1 Å². The zero-order valence-corrected chi connectivity index (χ0v) is 26.1. The van der Waals surface area contributed by atoms with E-state index in [-0.39, 0.29) is 31.7 Å². The van der Waals surface area contributed by atoms with Crippen molar-refractivity contribution < 1.29 is 38.0 Å². The smallest absolute Gasteiger partial charge is 0.351 e. The van der Waals surface area contributed by atoms with Gasteiger partial charge >= 0.3 is 11.7 Å². The van der Waals surface area contributed by atoms with Gasteiger partial charge in [0.2, 0.25) is 0 Å². The molecule has 3 aromatic rings. The van der Waals surface area contributed by atoms with Gasteiger partial charge in [0.1, 0.15) is 35.9 Å². The topological polar surface area (TPSA) is 217 Å². The first kappa shape index (κ1) is 33.7. The quantitative estimate of drug-likeness (QED) is 0.0875. The fraction of sp³-hybridized carbons (Fsp3) is 0.583. The third-order valence-corrected chi connectivity index (χ3v) is 8.50. The summed E-state index contributed by atoms with van der Waals surface area (Å²) in [5.74, 6) is -0.998. The fourth-order valence-electron chi connectivity index (χ4n) is 4.10. The predicted molar refractivity (Wildman–Crippen MR) is 158 cm³/mol. The third kappa shape index (κ3) is 8.71. The van der Waals surface area contributed by atoms with Crippen LogP contribution >= 0.6 is 19.3 Å². The van der Waals surface area contributed by atoms with Gasteiger partial charge in [0.05, 0.1) is 44.6 Å². The molecule has 0 aromatic carbocycles. The van der Waals surface area contributed by atoms with Crippen LogP contribution in [-0.4, -0.2) is 94.1 Å². The van der Waals surface area contributed by atoms with Crippen molar-refractivity contribution in [2.45, 2.75) is 64.2 Å². The van der Waals surface area contributed by atoms with Crippen molar-refractivity contribution in [1.29, 1.82) is 0 Å². The average molecular weight is 660 g/mol. The lowest BCUT2D eigenvalue weighted by atomic mass is 10.4. The van der Waals surface area contributed by atoms with Gasteiger partial charge in [0.15, 0.2) is 23.1 Å². The zero-order valence-electron chi connectivity index (χ0n) is 24.4. The van der Waals surface area contributed by atoms with Crippen LogP contribution in [0.15, 0.2) is 23.6 Å². The third-order valence-electron chi connectivity index (χ3n) is 6.10. The molecule has 1 saturated heterocycles. The van der Waals surface area contributed by atoms with E-state index in [2.05, 4.69) is 35.7 Å². The highest BCUT2D eigenvalue weighted by atomic mass is 32.2. The van der Waals surface area contributed by atoms with E-state index in [1.54, 1.807) is 25.3 Å². The molecule has 4 rings (SSSR count). The minimum absolute atomic E-state index is 0.0594. The van der Waals surface area contributed by atoms with E-state index in [1.165, 1.54) is 31.3 Å². The molecule has 44 heavy (non-hydrogen) atoms. The second-order valence-corrected chi connectivity index (χ2v) is 13.2. The van der Waals surface area contributed by atoms with Gasteiger partial charge in [-0.1, -0.05) is 0 Å². The lowest BCUT2D eigenvalue weighted by molar-refractivity contribution is -0.149. The molecule has 5 N–H and O–H groups in total. The molecule has 0 radical (unpaired) electrons. The number of hydrogen-bond acceptors (Lipinski definition) is 14. The minimum atomic E-state index is -4.01. The number of hydrogen-bond donors (Lipinski definition) is 5. The van der Waals surface area contributed by atoms with Gasteiger partial charge in [-0.15, -0.1) is 11.8 Å². The molecular weight excluding hydrogens is 624 g/mol. The van der Waals surface area contributed by atoms with Crippen LogP contribution in [0.3, 0.4) is 0 Å². The molecule has 3 aromatic heterocycles. The van der Waals surface area contributed by atoms with Gasteiger partial charge in [-0.25, -0.2) is 29.2 Å². The van der Waals surface area contributed by atoms with Crippen LogP contribution in [0.4, 0.5) is 16.0 Å². The second-order valence-electron chi connectivity index (χ2n) is 10.1. The Morgan fingerprint density at radius 1 is 1.25 bits per heavy atom. The molecule has 0 aliphatic carbocycles. The first-order valence-corrected chi connectivity index (χ1v) is 16.5. The number of anilines is 2. The number of fused-ring (bicyclic) bond motifs is 1. The highest BCUT2D eigenvalue weighted by Crippen LogP contribution is 2.36. The van der Waals surface area contributed by atoms with Crippen molar-refractivity contribution in [2.75, 3.05) is 36.0 Å². The highest BCUT2D eigenvalue weighted by molar-refractivity contribution is 8.00. The number of carbonyl (C=O) groups excluding carboxylic acids is 1. The molecule has 0 bridgehead atoms. The first-order valence-electron chi connectivity index (χ1n) is 13.6. The summed E-state index contributed by atoms with van der Waals surface area (Å²) in [6, 6.07) is -0.999. The number of imidazole rings is 1. The van der Waals surface area contributed by atoms with Gasteiger partial charge in [-0.05, 0) is 27.7 Å². The Bertz CT molecular complexity index is 1560. The summed E-state index contributed by atoms with van der Waals surface area (Å²) in [7, 11) is -4.01. The summed E-state index contributed by atoms with van der Waals surface area (Å²) in [4.78, 5) is 51.2. The number of halogens is 1. The van der Waals surface area contributed by atoms with E-state index in [9.17, 15) is 28.5 Å². The molecular formula is C24H35FN9O8PS. The number of ether oxygens (including phenoxy) is 3. The van der Waals surface area contributed by atoms with Crippen LogP contribution in [0.1, 0.15) is 33.9 Å². The number of aliphatic hydroxyl groups excluding tert-OH is 1. The molecule has 242 valence electrons. The second kappa shape index (κ2) is 14.7. The van der Waals surface area contributed by atoms with Crippen LogP contribution in [0.2, 0.25) is 0 Å². The van der Waals surface area contributed by atoms with E-state index in [0.29, 0.717) is 22.7 Å². The number of esters is 1. The van der Waals surface area contributed by atoms with Crippen molar-refractivity contribution in [3.63, 3.8) is 0 Å². The molecule has 20 heteroatoms. The summed E-state index contributed by atoms with van der Waals surface area (Å²) in [5.41, 5.74) is -0.365. The molecule has 0 amide bonds. The van der Waals surface area contributed by atoms with Crippen molar-refractivity contribution in [3.8, 4) is 0 Å². The van der Waals surface area contributed by atoms with E-state index in [0.717, 1.165) is 10.8 Å². The Labute approximate surface area is 255 Å². The monoisotopic (exact) mass is 659 g/mol.